The molecule has 3 rings (SSSR count). The fourth-order valence-corrected chi connectivity index (χ4v) is 6.19. The van der Waals surface area contributed by atoms with Crippen LogP contribution in [0.25, 0.3) is 0 Å². The van der Waals surface area contributed by atoms with E-state index >= 15 is 0 Å². The van der Waals surface area contributed by atoms with Crippen molar-refractivity contribution in [3.05, 3.63) is 65.2 Å². The Bertz CT molecular complexity index is 729. The summed E-state index contributed by atoms with van der Waals surface area (Å²) in [5.74, 6) is 0.0209. The van der Waals surface area contributed by atoms with Crippen molar-refractivity contribution in [2.24, 2.45) is 0 Å². The van der Waals surface area contributed by atoms with Gasteiger partial charge in [-0.2, -0.15) is 8.78 Å². The number of rotatable bonds is 5. The fraction of sp³-hybridized carbons (Fsp3) is 0.333. The number of ether oxygens (including phenoxy) is 1. The van der Waals surface area contributed by atoms with Gasteiger partial charge in [-0.15, -0.1) is 23.5 Å². The molecule has 140 valence electrons. The molecule has 0 radical (unpaired) electrons. The molecule has 1 aliphatic heterocycles. The number of halogens is 4. The molecule has 1 atom stereocenters. The Labute approximate surface area is 156 Å². The minimum Gasteiger partial charge on any atom is -0.435 e. The molecular weight excluding hydrogens is 388 g/mol. The lowest BCUT2D eigenvalue weighted by Gasteiger charge is -2.40. The molecule has 0 aromatic heterocycles. The number of aliphatic hydroxyl groups is 1. The van der Waals surface area contributed by atoms with Crippen molar-refractivity contribution < 1.29 is 27.4 Å². The molecule has 0 amide bonds. The van der Waals surface area contributed by atoms with Gasteiger partial charge in [0, 0.05) is 6.07 Å². The zero-order valence-corrected chi connectivity index (χ0v) is 15.1. The van der Waals surface area contributed by atoms with Gasteiger partial charge in [-0.25, -0.2) is 8.78 Å². The van der Waals surface area contributed by atoms with E-state index in [1.54, 1.807) is 0 Å². The molecule has 8 heteroatoms. The SMILES string of the molecule is O[C@@H](c1ccc(OC(F)F)cc1)C1(c2cc(F)cc(F)c2)SCCCS1. The summed E-state index contributed by atoms with van der Waals surface area (Å²) in [6.45, 7) is -2.93. The molecule has 2 nitrogen and oxygen atoms in total. The van der Waals surface area contributed by atoms with Crippen molar-refractivity contribution in [2.75, 3.05) is 11.5 Å². The van der Waals surface area contributed by atoms with Gasteiger partial charge in [-0.3, -0.25) is 0 Å². The Morgan fingerprint density at radius 1 is 0.962 bits per heavy atom. The largest absolute Gasteiger partial charge is 0.435 e. The van der Waals surface area contributed by atoms with Crippen molar-refractivity contribution >= 4 is 23.5 Å². The van der Waals surface area contributed by atoms with E-state index in [2.05, 4.69) is 4.74 Å². The highest BCUT2D eigenvalue weighted by Crippen LogP contribution is 2.57. The minimum absolute atomic E-state index is 0.0225. The van der Waals surface area contributed by atoms with Crippen LogP contribution >= 0.6 is 23.5 Å². The standard InChI is InChI=1S/C18H16F4O2S2/c19-13-8-12(9-14(20)10-13)18(25-6-1-7-26-18)16(23)11-2-4-15(5-3-11)24-17(21)22/h2-5,8-10,16-17,23H,1,6-7H2/t16-/m0/s1. The van der Waals surface area contributed by atoms with Gasteiger partial charge >= 0.3 is 6.61 Å². The van der Waals surface area contributed by atoms with Crippen LogP contribution in [0.5, 0.6) is 5.75 Å². The summed E-state index contributed by atoms with van der Waals surface area (Å²) >= 11 is 2.85. The first-order valence-electron chi connectivity index (χ1n) is 7.88. The maximum atomic E-state index is 13.8. The first-order valence-corrected chi connectivity index (χ1v) is 9.85. The smallest absolute Gasteiger partial charge is 0.387 e. The van der Waals surface area contributed by atoms with Gasteiger partial charge in [-0.05, 0) is 53.3 Å². The van der Waals surface area contributed by atoms with Gasteiger partial charge in [0.2, 0.25) is 0 Å². The maximum Gasteiger partial charge on any atom is 0.387 e. The van der Waals surface area contributed by atoms with Gasteiger partial charge in [0.1, 0.15) is 27.6 Å². The van der Waals surface area contributed by atoms with E-state index in [4.69, 9.17) is 0 Å². The van der Waals surface area contributed by atoms with Crippen LogP contribution in [-0.4, -0.2) is 23.2 Å². The number of aliphatic hydroxyl groups excluding tert-OH is 1. The molecule has 1 N–H and O–H groups in total. The zero-order valence-electron chi connectivity index (χ0n) is 13.5. The second-order valence-electron chi connectivity index (χ2n) is 5.73. The molecule has 1 heterocycles. The highest BCUT2D eigenvalue weighted by molar-refractivity contribution is 8.18. The van der Waals surface area contributed by atoms with Gasteiger partial charge in [-0.1, -0.05) is 12.1 Å². The second kappa shape index (κ2) is 8.10. The van der Waals surface area contributed by atoms with E-state index < -0.39 is 28.4 Å². The molecule has 0 unspecified atom stereocenters. The van der Waals surface area contributed by atoms with E-state index in [0.29, 0.717) is 11.1 Å². The molecular formula is C18H16F4O2S2. The van der Waals surface area contributed by atoms with Crippen LogP contribution in [0.1, 0.15) is 23.7 Å². The molecule has 1 aliphatic rings. The molecule has 2 aromatic rings. The van der Waals surface area contributed by atoms with E-state index in [0.717, 1.165) is 24.0 Å². The Kier molecular flexibility index (Phi) is 6.04. The third-order valence-corrected chi connectivity index (χ3v) is 7.44. The normalized spacial score (nSPS) is 17.9. The molecule has 1 saturated heterocycles. The average molecular weight is 404 g/mol. The van der Waals surface area contributed by atoms with Gasteiger partial charge < -0.3 is 9.84 Å². The first-order chi connectivity index (χ1) is 12.4. The molecule has 0 aliphatic carbocycles. The van der Waals surface area contributed by atoms with E-state index in [-0.39, 0.29) is 5.75 Å². The lowest BCUT2D eigenvalue weighted by atomic mass is 9.99. The molecule has 0 bridgehead atoms. The fourth-order valence-electron chi connectivity index (χ4n) is 2.84. The Morgan fingerprint density at radius 2 is 1.54 bits per heavy atom. The van der Waals surface area contributed by atoms with Gasteiger partial charge in [0.15, 0.2) is 0 Å². The van der Waals surface area contributed by atoms with Crippen LogP contribution in [0.4, 0.5) is 17.6 Å². The highest BCUT2D eigenvalue weighted by Gasteiger charge is 2.44. The van der Waals surface area contributed by atoms with Crippen LogP contribution in [0.15, 0.2) is 42.5 Å². The van der Waals surface area contributed by atoms with Crippen molar-refractivity contribution in [2.45, 2.75) is 23.2 Å². The molecule has 0 saturated carbocycles. The van der Waals surface area contributed by atoms with Crippen LogP contribution in [0.2, 0.25) is 0 Å². The van der Waals surface area contributed by atoms with Gasteiger partial charge in [0.05, 0.1) is 0 Å². The Morgan fingerprint density at radius 3 is 2.08 bits per heavy atom. The summed E-state index contributed by atoms with van der Waals surface area (Å²) in [6.07, 6.45) is -0.164. The molecule has 1 fully saturated rings. The summed E-state index contributed by atoms with van der Waals surface area (Å²) in [5, 5.41) is 11.0. The van der Waals surface area contributed by atoms with Crippen molar-refractivity contribution in [1.82, 2.24) is 0 Å². The quantitative estimate of drug-likeness (QED) is 0.683. The monoisotopic (exact) mass is 404 g/mol. The number of hydrogen-bond donors (Lipinski definition) is 1. The lowest BCUT2D eigenvalue weighted by molar-refractivity contribution is -0.0498. The van der Waals surface area contributed by atoms with Crippen LogP contribution in [0, 0.1) is 11.6 Å². The van der Waals surface area contributed by atoms with Crippen molar-refractivity contribution in [3.8, 4) is 5.75 Å². The van der Waals surface area contributed by atoms with E-state index in [1.165, 1.54) is 59.9 Å². The highest BCUT2D eigenvalue weighted by atomic mass is 32.2. The summed E-state index contributed by atoms with van der Waals surface area (Å²) < 4.78 is 55.4. The third kappa shape index (κ3) is 4.13. The summed E-state index contributed by atoms with van der Waals surface area (Å²) in [5.41, 5.74) is 0.809. The molecule has 26 heavy (non-hydrogen) atoms. The first kappa shape index (κ1) is 19.4. The Hall–Kier alpha value is -1.38. The topological polar surface area (TPSA) is 29.5 Å². The number of benzene rings is 2. The summed E-state index contributed by atoms with van der Waals surface area (Å²) in [7, 11) is 0. The summed E-state index contributed by atoms with van der Waals surface area (Å²) in [4.78, 5) is 0. The third-order valence-electron chi connectivity index (χ3n) is 3.97. The predicted molar refractivity (Wildman–Crippen MR) is 95.6 cm³/mol. The maximum absolute atomic E-state index is 13.8. The second-order valence-corrected chi connectivity index (χ2v) is 8.67. The summed E-state index contributed by atoms with van der Waals surface area (Å²) in [6, 6.07) is 8.88. The molecule has 2 aromatic carbocycles. The van der Waals surface area contributed by atoms with Crippen LogP contribution in [0.3, 0.4) is 0 Å². The van der Waals surface area contributed by atoms with Crippen molar-refractivity contribution in [3.63, 3.8) is 0 Å². The predicted octanol–water partition coefficient (Wildman–Crippen LogP) is 5.32. The van der Waals surface area contributed by atoms with Crippen LogP contribution < -0.4 is 4.74 Å². The van der Waals surface area contributed by atoms with Gasteiger partial charge in [0.25, 0.3) is 0 Å². The minimum atomic E-state index is -2.93. The van der Waals surface area contributed by atoms with Crippen molar-refractivity contribution in [1.29, 1.82) is 0 Å². The number of thioether (sulfide) groups is 2. The molecule has 0 spiro atoms. The van der Waals surface area contributed by atoms with E-state index in [9.17, 15) is 22.7 Å². The Balaban J connectivity index is 1.96. The van der Waals surface area contributed by atoms with Crippen LogP contribution in [-0.2, 0) is 4.08 Å². The van der Waals surface area contributed by atoms with E-state index in [1.807, 2.05) is 0 Å². The number of hydrogen-bond acceptors (Lipinski definition) is 4. The lowest BCUT2D eigenvalue weighted by Crippen LogP contribution is -2.30. The number of alkyl halides is 2. The zero-order chi connectivity index (χ0) is 18.7. The average Bonchev–Trinajstić information content (AvgIpc) is 2.61.